The van der Waals surface area contributed by atoms with Crippen LogP contribution in [0.5, 0.6) is 0 Å². The summed E-state index contributed by atoms with van der Waals surface area (Å²) in [7, 11) is 1.52. The second-order valence-corrected chi connectivity index (χ2v) is 6.25. The molecule has 0 aliphatic carbocycles. The average Bonchev–Trinajstić information content (AvgIpc) is 2.68. The van der Waals surface area contributed by atoms with Crippen LogP contribution in [0.2, 0.25) is 0 Å². The normalized spacial score (nSPS) is 10.7. The molecule has 0 spiro atoms. The maximum atomic E-state index is 12.1. The van der Waals surface area contributed by atoms with Gasteiger partial charge in [-0.3, -0.25) is 9.97 Å². The van der Waals surface area contributed by atoms with E-state index in [9.17, 15) is 4.79 Å². The first-order valence-corrected chi connectivity index (χ1v) is 8.08. The van der Waals surface area contributed by atoms with E-state index in [1.807, 2.05) is 68.4 Å². The van der Waals surface area contributed by atoms with E-state index in [0.717, 1.165) is 28.2 Å². The average molecular weight is 524 g/mol. The van der Waals surface area contributed by atoms with Crippen molar-refractivity contribution >= 4 is 5.91 Å². The van der Waals surface area contributed by atoms with Crippen LogP contribution in [0.1, 0.15) is 19.4 Å². The topological polar surface area (TPSA) is 57.0 Å². The van der Waals surface area contributed by atoms with Crippen molar-refractivity contribution in [2.24, 2.45) is 0 Å². The van der Waals surface area contributed by atoms with Crippen LogP contribution in [0.15, 0.2) is 60.8 Å². The van der Waals surface area contributed by atoms with Crippen molar-refractivity contribution in [3.8, 4) is 22.6 Å². The van der Waals surface area contributed by atoms with Crippen molar-refractivity contribution in [1.29, 1.82) is 0 Å². The van der Waals surface area contributed by atoms with Gasteiger partial charge in [-0.1, -0.05) is 32.0 Å². The van der Waals surface area contributed by atoms with Crippen LogP contribution >= 0.6 is 0 Å². The first kappa shape index (κ1) is 20.0. The Morgan fingerprint density at radius 3 is 2.35 bits per heavy atom. The number of amides is 1. The van der Waals surface area contributed by atoms with E-state index in [-0.39, 0.29) is 27.0 Å². The third kappa shape index (κ3) is 4.08. The number of aromatic nitrogens is 2. The van der Waals surface area contributed by atoms with Gasteiger partial charge in [0.25, 0.3) is 0 Å². The van der Waals surface area contributed by atoms with Gasteiger partial charge in [-0.2, -0.15) is 0 Å². The number of nitrogens with zero attached hydrogens (tertiary/aromatic N) is 3. The summed E-state index contributed by atoms with van der Waals surface area (Å²) in [4.78, 5) is 21.2. The number of hydrogen-bond donors (Lipinski definition) is 0. The van der Waals surface area contributed by atoms with E-state index in [2.05, 4.69) is 16.4 Å². The van der Waals surface area contributed by atoms with Crippen LogP contribution in [-0.4, -0.2) is 22.9 Å². The molecule has 0 unspecified atom stereocenters. The zero-order valence-corrected chi connectivity index (χ0v) is 17.1. The molecule has 0 radical (unpaired) electrons. The third-order valence-electron chi connectivity index (χ3n) is 4.16. The van der Waals surface area contributed by atoms with Gasteiger partial charge in [0.1, 0.15) is 0 Å². The van der Waals surface area contributed by atoms with Crippen molar-refractivity contribution in [1.82, 2.24) is 9.97 Å². The van der Waals surface area contributed by atoms with Gasteiger partial charge in [-0.15, -0.1) is 42.4 Å². The monoisotopic (exact) mass is 524 g/mol. The van der Waals surface area contributed by atoms with Gasteiger partial charge >= 0.3 is 21.1 Å². The second kappa shape index (κ2) is 8.37. The van der Waals surface area contributed by atoms with Crippen LogP contribution in [0.25, 0.3) is 28.0 Å². The Morgan fingerprint density at radius 2 is 1.65 bits per heavy atom. The van der Waals surface area contributed by atoms with Gasteiger partial charge in [0, 0.05) is 11.6 Å². The molecule has 0 saturated heterocycles. The SMILES string of the molecule is C[N-]C(=O)C(C)(C)c1[c-]c(-c2cccc(-c3ccccn3)n2)ccc1.[Pt+2]. The molecule has 3 aromatic rings. The van der Waals surface area contributed by atoms with Crippen LogP contribution in [0, 0.1) is 6.07 Å². The third-order valence-corrected chi connectivity index (χ3v) is 4.16. The quantitative estimate of drug-likeness (QED) is 0.475. The molecule has 0 atom stereocenters. The summed E-state index contributed by atoms with van der Waals surface area (Å²) in [6.07, 6.45) is 1.75. The molecule has 0 N–H and O–H groups in total. The molecular weight excluding hydrogens is 505 g/mol. The van der Waals surface area contributed by atoms with E-state index >= 15 is 0 Å². The fourth-order valence-electron chi connectivity index (χ4n) is 2.62. The Labute approximate surface area is 168 Å². The number of hydrogen-bond acceptors (Lipinski definition) is 3. The Kier molecular flexibility index (Phi) is 6.44. The van der Waals surface area contributed by atoms with Gasteiger partial charge < -0.3 is 10.1 Å². The smallest absolute Gasteiger partial charge is 0.655 e. The fourth-order valence-corrected chi connectivity index (χ4v) is 2.62. The summed E-state index contributed by atoms with van der Waals surface area (Å²) in [5.41, 5.74) is 3.33. The van der Waals surface area contributed by atoms with Gasteiger partial charge in [-0.25, -0.2) is 0 Å². The van der Waals surface area contributed by atoms with Crippen LogP contribution in [0.3, 0.4) is 0 Å². The molecule has 26 heavy (non-hydrogen) atoms. The second-order valence-electron chi connectivity index (χ2n) is 6.25. The number of pyridine rings is 2. The summed E-state index contributed by atoms with van der Waals surface area (Å²) < 4.78 is 0. The summed E-state index contributed by atoms with van der Waals surface area (Å²) >= 11 is 0. The van der Waals surface area contributed by atoms with Crippen molar-refractivity contribution in [3.63, 3.8) is 0 Å². The molecule has 0 fully saturated rings. The maximum absolute atomic E-state index is 12.1. The van der Waals surface area contributed by atoms with Crippen molar-refractivity contribution in [2.75, 3.05) is 7.05 Å². The molecule has 3 rings (SSSR count). The summed E-state index contributed by atoms with van der Waals surface area (Å²) in [5, 5.41) is 3.81. The van der Waals surface area contributed by atoms with E-state index < -0.39 is 5.41 Å². The fraction of sp³-hybridized carbons (Fsp3) is 0.190. The Hall–Kier alpha value is -2.32. The van der Waals surface area contributed by atoms with Crippen molar-refractivity contribution in [3.05, 3.63) is 77.7 Å². The van der Waals surface area contributed by atoms with Crippen LogP contribution in [0.4, 0.5) is 0 Å². The summed E-state index contributed by atoms with van der Waals surface area (Å²) in [5.74, 6) is -0.170. The van der Waals surface area contributed by atoms with Gasteiger partial charge in [0.2, 0.25) is 0 Å². The first-order chi connectivity index (χ1) is 12.0. The molecule has 2 heterocycles. The van der Waals surface area contributed by atoms with E-state index in [1.54, 1.807) is 6.20 Å². The molecule has 0 aliphatic rings. The molecule has 2 aromatic heterocycles. The minimum absolute atomic E-state index is 0. The van der Waals surface area contributed by atoms with E-state index in [0.29, 0.717) is 0 Å². The maximum Gasteiger partial charge on any atom is 2.00 e. The number of carbonyl (C=O) groups excluding carboxylic acids is 1. The van der Waals surface area contributed by atoms with Crippen molar-refractivity contribution in [2.45, 2.75) is 19.3 Å². The zero-order valence-electron chi connectivity index (χ0n) is 14.8. The van der Waals surface area contributed by atoms with E-state index in [1.165, 1.54) is 7.05 Å². The molecule has 0 bridgehead atoms. The zero-order chi connectivity index (χ0) is 17.9. The van der Waals surface area contributed by atoms with E-state index in [4.69, 9.17) is 4.98 Å². The minimum atomic E-state index is -0.719. The molecular formula is C21H19N3OPt. The predicted octanol–water partition coefficient (Wildman–Crippen LogP) is 4.42. The largest absolute Gasteiger partial charge is 2.00 e. The molecule has 4 nitrogen and oxygen atoms in total. The number of likely N-dealkylation sites (N-methyl/N-ethyl adjacent to an activating group) is 1. The number of rotatable bonds is 4. The van der Waals surface area contributed by atoms with Crippen LogP contribution < -0.4 is 0 Å². The first-order valence-electron chi connectivity index (χ1n) is 8.08. The molecule has 1 aromatic carbocycles. The Balaban J connectivity index is 0.00000243. The van der Waals surface area contributed by atoms with Gasteiger partial charge in [0.15, 0.2) is 0 Å². The summed E-state index contributed by atoms with van der Waals surface area (Å²) in [6.45, 7) is 3.71. The Bertz CT molecular complexity index is 895. The molecule has 5 heteroatoms. The number of carbonyl (C=O) groups is 1. The molecule has 0 saturated carbocycles. The Morgan fingerprint density at radius 1 is 0.962 bits per heavy atom. The molecule has 0 aliphatic heterocycles. The predicted molar refractivity (Wildman–Crippen MR) is 99.1 cm³/mol. The molecule has 1 amide bonds. The summed E-state index contributed by atoms with van der Waals surface area (Å²) in [6, 6.07) is 20.6. The van der Waals surface area contributed by atoms with Crippen molar-refractivity contribution < 1.29 is 25.9 Å². The van der Waals surface area contributed by atoms with Crippen LogP contribution in [-0.2, 0) is 31.3 Å². The number of benzene rings is 1. The van der Waals surface area contributed by atoms with Gasteiger partial charge in [0.05, 0.1) is 17.3 Å². The van der Waals surface area contributed by atoms with Gasteiger partial charge in [-0.05, 0) is 23.9 Å². The molecule has 134 valence electrons. The minimum Gasteiger partial charge on any atom is -0.655 e. The standard InChI is InChI=1S/C21H20N3O.Pt/c1-21(2,20(25)22-3)16-9-6-8-15(14-16)17-11-7-12-19(24-17)18-10-4-5-13-23-18;/h4-13H,1-3H3,(H,22,25);/q-1;+2/p-1.